The van der Waals surface area contributed by atoms with Crippen LogP contribution in [0.3, 0.4) is 0 Å². The number of amidine groups is 1. The Morgan fingerprint density at radius 1 is 1.23 bits per heavy atom. The van der Waals surface area contributed by atoms with Gasteiger partial charge in [0.05, 0.1) is 0 Å². The van der Waals surface area contributed by atoms with Gasteiger partial charge in [0.2, 0.25) is 0 Å². The quantitative estimate of drug-likeness (QED) is 0.879. The Morgan fingerprint density at radius 3 is 2.82 bits per heavy atom. The number of rotatable bonds is 1. The number of aryl methyl sites for hydroxylation is 1. The van der Waals surface area contributed by atoms with Gasteiger partial charge in [-0.25, -0.2) is 4.99 Å². The van der Waals surface area contributed by atoms with Crippen molar-refractivity contribution in [2.75, 3.05) is 0 Å². The van der Waals surface area contributed by atoms with Crippen LogP contribution < -0.4 is 5.73 Å². The summed E-state index contributed by atoms with van der Waals surface area (Å²) in [5, 5.41) is 0. The van der Waals surface area contributed by atoms with Gasteiger partial charge in [0.25, 0.3) is 6.02 Å². The first-order valence-electron chi connectivity index (χ1n) is 7.63. The molecule has 4 nitrogen and oxygen atoms in total. The van der Waals surface area contributed by atoms with Crippen LogP contribution in [-0.4, -0.2) is 22.6 Å². The standard InChI is InChI=1S/C18H19N3O/c1-11-10-20-7-6-14(11)15-5-3-4-13-8-18(9-16(13)15)12(2)22-17(19)21-18/h3-7,10,12H,8-9H2,1-2H3,(H2,19,21). The second kappa shape index (κ2) is 4.57. The molecule has 1 spiro atoms. The third-order valence-electron chi connectivity index (χ3n) is 4.95. The van der Waals surface area contributed by atoms with Crippen LogP contribution in [0.25, 0.3) is 11.1 Å². The summed E-state index contributed by atoms with van der Waals surface area (Å²) in [4.78, 5) is 8.83. The molecule has 2 unspecified atom stereocenters. The second-order valence-electron chi connectivity index (χ2n) is 6.30. The highest BCUT2D eigenvalue weighted by Gasteiger charge is 2.48. The molecule has 2 aliphatic rings. The smallest absolute Gasteiger partial charge is 0.282 e. The van der Waals surface area contributed by atoms with E-state index in [4.69, 9.17) is 10.5 Å². The lowest BCUT2D eigenvalue weighted by Gasteiger charge is -2.23. The van der Waals surface area contributed by atoms with Crippen molar-refractivity contribution < 1.29 is 4.74 Å². The van der Waals surface area contributed by atoms with Crippen molar-refractivity contribution in [3.05, 3.63) is 53.3 Å². The normalized spacial score (nSPS) is 25.9. The highest BCUT2D eigenvalue weighted by atomic mass is 16.5. The highest BCUT2D eigenvalue weighted by molar-refractivity contribution is 5.76. The van der Waals surface area contributed by atoms with Gasteiger partial charge in [-0.2, -0.15) is 0 Å². The van der Waals surface area contributed by atoms with E-state index in [-0.39, 0.29) is 11.6 Å². The van der Waals surface area contributed by atoms with Crippen molar-refractivity contribution in [1.29, 1.82) is 0 Å². The summed E-state index contributed by atoms with van der Waals surface area (Å²) in [6.07, 6.45) is 5.55. The summed E-state index contributed by atoms with van der Waals surface area (Å²) in [5.41, 5.74) is 12.0. The minimum atomic E-state index is -0.233. The molecule has 0 bridgehead atoms. The topological polar surface area (TPSA) is 60.5 Å². The zero-order valence-electron chi connectivity index (χ0n) is 12.8. The molecule has 2 atom stereocenters. The lowest BCUT2D eigenvalue weighted by molar-refractivity contribution is 0.157. The molecule has 2 aromatic rings. The zero-order valence-corrected chi connectivity index (χ0v) is 12.8. The minimum absolute atomic E-state index is 0.0197. The number of hydrogen-bond acceptors (Lipinski definition) is 4. The average molecular weight is 293 g/mol. The summed E-state index contributed by atoms with van der Waals surface area (Å²) >= 11 is 0. The lowest BCUT2D eigenvalue weighted by Crippen LogP contribution is -2.36. The number of nitrogens with zero attached hydrogens (tertiary/aromatic N) is 2. The molecule has 1 aliphatic heterocycles. The van der Waals surface area contributed by atoms with Crippen LogP contribution in [0.15, 0.2) is 41.7 Å². The largest absolute Gasteiger partial charge is 0.460 e. The number of ether oxygens (including phenoxy) is 1. The summed E-state index contributed by atoms with van der Waals surface area (Å²) < 4.78 is 5.62. The summed E-state index contributed by atoms with van der Waals surface area (Å²) in [6.45, 7) is 4.16. The van der Waals surface area contributed by atoms with Crippen molar-refractivity contribution in [2.24, 2.45) is 10.7 Å². The first-order valence-corrected chi connectivity index (χ1v) is 7.63. The second-order valence-corrected chi connectivity index (χ2v) is 6.30. The van der Waals surface area contributed by atoms with Crippen LogP contribution in [0, 0.1) is 6.92 Å². The number of fused-ring (bicyclic) bond motifs is 1. The van der Waals surface area contributed by atoms with Gasteiger partial charge >= 0.3 is 0 Å². The summed E-state index contributed by atoms with van der Waals surface area (Å²) in [7, 11) is 0. The molecule has 1 aromatic carbocycles. The first kappa shape index (κ1) is 13.3. The first-order chi connectivity index (χ1) is 10.6. The maximum absolute atomic E-state index is 5.81. The maximum Gasteiger partial charge on any atom is 0.282 e. The van der Waals surface area contributed by atoms with Crippen LogP contribution in [0.4, 0.5) is 0 Å². The van der Waals surface area contributed by atoms with E-state index in [1.807, 2.05) is 12.4 Å². The Kier molecular flexibility index (Phi) is 2.76. The van der Waals surface area contributed by atoms with Crippen molar-refractivity contribution >= 4 is 6.02 Å². The van der Waals surface area contributed by atoms with Crippen LogP contribution in [0.1, 0.15) is 23.6 Å². The number of nitrogens with two attached hydrogens (primary N) is 1. The molecule has 112 valence electrons. The molecule has 1 aromatic heterocycles. The van der Waals surface area contributed by atoms with E-state index >= 15 is 0 Å². The Labute approximate surface area is 130 Å². The number of hydrogen-bond donors (Lipinski definition) is 1. The van der Waals surface area contributed by atoms with Gasteiger partial charge in [0.15, 0.2) is 0 Å². The molecule has 0 fully saturated rings. The number of aliphatic imine (C=N–C) groups is 1. The third kappa shape index (κ3) is 1.83. The summed E-state index contributed by atoms with van der Waals surface area (Å²) in [5.74, 6) is 0. The molecule has 2 heterocycles. The lowest BCUT2D eigenvalue weighted by atomic mass is 9.90. The fraction of sp³-hybridized carbons (Fsp3) is 0.333. The van der Waals surface area contributed by atoms with E-state index in [1.165, 1.54) is 27.8 Å². The van der Waals surface area contributed by atoms with Crippen molar-refractivity contribution in [3.63, 3.8) is 0 Å². The zero-order chi connectivity index (χ0) is 15.3. The SMILES string of the molecule is Cc1cnccc1-c1cccc2c1CC1(C2)N=C(N)OC1C. The van der Waals surface area contributed by atoms with Crippen molar-refractivity contribution in [1.82, 2.24) is 4.98 Å². The van der Waals surface area contributed by atoms with E-state index in [1.54, 1.807) is 0 Å². The van der Waals surface area contributed by atoms with E-state index in [9.17, 15) is 0 Å². The predicted octanol–water partition coefficient (Wildman–Crippen LogP) is 2.63. The Balaban J connectivity index is 1.83. The van der Waals surface area contributed by atoms with Crippen LogP contribution >= 0.6 is 0 Å². The van der Waals surface area contributed by atoms with Crippen LogP contribution in [0.5, 0.6) is 0 Å². The average Bonchev–Trinajstić information content (AvgIpc) is 2.99. The monoisotopic (exact) mass is 293 g/mol. The molecule has 0 amide bonds. The molecular weight excluding hydrogens is 274 g/mol. The van der Waals surface area contributed by atoms with E-state index in [0.29, 0.717) is 6.02 Å². The van der Waals surface area contributed by atoms with Crippen molar-refractivity contribution in [2.45, 2.75) is 38.3 Å². The van der Waals surface area contributed by atoms with Gasteiger partial charge in [-0.3, -0.25) is 4.98 Å². The molecule has 22 heavy (non-hydrogen) atoms. The van der Waals surface area contributed by atoms with Gasteiger partial charge in [-0.15, -0.1) is 0 Å². The molecule has 2 N–H and O–H groups in total. The van der Waals surface area contributed by atoms with Crippen LogP contribution in [-0.2, 0) is 17.6 Å². The number of benzene rings is 1. The highest BCUT2D eigenvalue weighted by Crippen LogP contribution is 2.43. The minimum Gasteiger partial charge on any atom is -0.460 e. The van der Waals surface area contributed by atoms with Gasteiger partial charge in [-0.05, 0) is 47.7 Å². The molecule has 4 heteroatoms. The summed E-state index contributed by atoms with van der Waals surface area (Å²) in [6, 6.07) is 8.92. The molecule has 0 saturated heterocycles. The fourth-order valence-corrected chi connectivity index (χ4v) is 3.73. The van der Waals surface area contributed by atoms with Gasteiger partial charge in [-0.1, -0.05) is 18.2 Å². The van der Waals surface area contributed by atoms with E-state index in [0.717, 1.165) is 12.8 Å². The third-order valence-corrected chi connectivity index (χ3v) is 4.95. The van der Waals surface area contributed by atoms with E-state index < -0.39 is 0 Å². The Morgan fingerprint density at radius 2 is 2.09 bits per heavy atom. The molecular formula is C18H19N3O. The van der Waals surface area contributed by atoms with Gasteiger partial charge in [0.1, 0.15) is 11.6 Å². The van der Waals surface area contributed by atoms with Crippen LogP contribution in [0.2, 0.25) is 0 Å². The molecule has 0 radical (unpaired) electrons. The fourth-order valence-electron chi connectivity index (χ4n) is 3.73. The molecule has 0 saturated carbocycles. The van der Waals surface area contributed by atoms with Gasteiger partial charge in [0, 0.05) is 25.2 Å². The Hall–Kier alpha value is -2.36. The van der Waals surface area contributed by atoms with E-state index in [2.05, 4.69) is 48.1 Å². The predicted molar refractivity (Wildman–Crippen MR) is 86.7 cm³/mol. The van der Waals surface area contributed by atoms with Gasteiger partial charge < -0.3 is 10.5 Å². The van der Waals surface area contributed by atoms with Crippen molar-refractivity contribution in [3.8, 4) is 11.1 Å². The maximum atomic E-state index is 5.81. The molecule has 4 rings (SSSR count). The molecule has 1 aliphatic carbocycles. The Bertz CT molecular complexity index is 784. The number of pyridine rings is 1. The number of aromatic nitrogens is 1.